The molecule has 0 saturated heterocycles. The quantitative estimate of drug-likeness (QED) is 0.537. The predicted molar refractivity (Wildman–Crippen MR) is 113 cm³/mol. The Morgan fingerprint density at radius 2 is 1.68 bits per heavy atom. The zero-order valence-corrected chi connectivity index (χ0v) is 15.6. The van der Waals surface area contributed by atoms with Crippen LogP contribution in [0.5, 0.6) is 0 Å². The molecule has 5 rings (SSSR count). The van der Waals surface area contributed by atoms with Gasteiger partial charge in [-0.25, -0.2) is 0 Å². The van der Waals surface area contributed by atoms with Gasteiger partial charge in [0.2, 0.25) is 0 Å². The standard InChI is InChI=1S/C25H20N2O/c1-17-11-14-23-21(15-17)24(28)25(27-23,19-8-3-2-4-9-19)16-20-13-12-18-7-5-6-10-22(18)26-20/h2-15,27H,16H2,1H3. The van der Waals surface area contributed by atoms with Gasteiger partial charge in [-0.15, -0.1) is 0 Å². The summed E-state index contributed by atoms with van der Waals surface area (Å²) >= 11 is 0. The largest absolute Gasteiger partial charge is 0.368 e. The molecule has 1 atom stereocenters. The Bertz CT molecular complexity index is 1200. The zero-order chi connectivity index (χ0) is 19.1. The number of anilines is 1. The monoisotopic (exact) mass is 364 g/mol. The lowest BCUT2D eigenvalue weighted by Crippen LogP contribution is -2.41. The maximum Gasteiger partial charge on any atom is 0.195 e. The van der Waals surface area contributed by atoms with Crippen LogP contribution in [0.3, 0.4) is 0 Å². The summed E-state index contributed by atoms with van der Waals surface area (Å²) in [6.07, 6.45) is 0.494. The molecule has 1 N–H and O–H groups in total. The molecule has 0 saturated carbocycles. The summed E-state index contributed by atoms with van der Waals surface area (Å²) in [5.74, 6) is 0.104. The minimum absolute atomic E-state index is 0.104. The lowest BCUT2D eigenvalue weighted by Gasteiger charge is -2.29. The van der Waals surface area contributed by atoms with Crippen LogP contribution in [-0.4, -0.2) is 10.8 Å². The van der Waals surface area contributed by atoms with Crippen LogP contribution in [0.1, 0.15) is 27.2 Å². The molecular formula is C25H20N2O. The SMILES string of the molecule is Cc1ccc2c(c1)C(=O)C(Cc1ccc3ccccc3n1)(c1ccccc1)N2. The van der Waals surface area contributed by atoms with Crippen LogP contribution in [0.4, 0.5) is 5.69 Å². The van der Waals surface area contributed by atoms with E-state index >= 15 is 0 Å². The number of hydrogen-bond acceptors (Lipinski definition) is 3. The Hall–Kier alpha value is -3.46. The second-order valence-corrected chi connectivity index (χ2v) is 7.45. The number of nitrogens with one attached hydrogen (secondary N) is 1. The van der Waals surface area contributed by atoms with Gasteiger partial charge in [0.05, 0.1) is 5.52 Å². The van der Waals surface area contributed by atoms with Gasteiger partial charge in [0.1, 0.15) is 5.54 Å². The third-order valence-corrected chi connectivity index (χ3v) is 5.52. The first-order chi connectivity index (χ1) is 13.7. The molecule has 0 spiro atoms. The molecule has 1 aliphatic rings. The molecule has 1 unspecified atom stereocenters. The van der Waals surface area contributed by atoms with Crippen molar-refractivity contribution in [2.24, 2.45) is 0 Å². The Morgan fingerprint density at radius 1 is 0.893 bits per heavy atom. The summed E-state index contributed by atoms with van der Waals surface area (Å²) in [4.78, 5) is 18.5. The van der Waals surface area contributed by atoms with E-state index in [1.165, 1.54) is 0 Å². The second-order valence-electron chi connectivity index (χ2n) is 7.45. The fraction of sp³-hybridized carbons (Fsp3) is 0.120. The molecule has 28 heavy (non-hydrogen) atoms. The molecule has 0 amide bonds. The first-order valence-corrected chi connectivity index (χ1v) is 9.50. The highest BCUT2D eigenvalue weighted by atomic mass is 16.1. The average molecular weight is 364 g/mol. The van der Waals surface area contributed by atoms with Crippen LogP contribution in [0.15, 0.2) is 84.9 Å². The highest BCUT2D eigenvalue weighted by Gasteiger charge is 2.47. The molecular weight excluding hydrogens is 344 g/mol. The van der Waals surface area contributed by atoms with Crippen molar-refractivity contribution >= 4 is 22.4 Å². The number of para-hydroxylation sites is 1. The number of pyridine rings is 1. The Labute approximate surface area is 164 Å². The lowest BCUT2D eigenvalue weighted by molar-refractivity contribution is 0.0916. The summed E-state index contributed by atoms with van der Waals surface area (Å²) in [6.45, 7) is 2.01. The minimum Gasteiger partial charge on any atom is -0.368 e. The van der Waals surface area contributed by atoms with Crippen molar-refractivity contribution in [1.82, 2.24) is 4.98 Å². The van der Waals surface area contributed by atoms with Crippen molar-refractivity contribution in [1.29, 1.82) is 0 Å². The molecule has 3 nitrogen and oxygen atoms in total. The number of benzene rings is 3. The summed E-state index contributed by atoms with van der Waals surface area (Å²) in [6, 6.07) is 28.1. The van der Waals surface area contributed by atoms with Gasteiger partial charge >= 0.3 is 0 Å². The van der Waals surface area contributed by atoms with Crippen LogP contribution in [0, 0.1) is 6.92 Å². The molecule has 2 heterocycles. The highest BCUT2D eigenvalue weighted by molar-refractivity contribution is 6.14. The molecule has 0 fully saturated rings. The normalized spacial score (nSPS) is 18.1. The Kier molecular flexibility index (Phi) is 3.76. The van der Waals surface area contributed by atoms with Crippen LogP contribution in [-0.2, 0) is 12.0 Å². The minimum atomic E-state index is -0.840. The van der Waals surface area contributed by atoms with Crippen molar-refractivity contribution in [2.75, 3.05) is 5.32 Å². The molecule has 1 aromatic heterocycles. The first-order valence-electron chi connectivity index (χ1n) is 9.50. The van der Waals surface area contributed by atoms with Crippen molar-refractivity contribution in [3.05, 3.63) is 107 Å². The number of ketones is 1. The van der Waals surface area contributed by atoms with Gasteiger partial charge in [0.15, 0.2) is 5.78 Å². The van der Waals surface area contributed by atoms with E-state index in [1.807, 2.05) is 79.7 Å². The number of carbonyl (C=O) groups excluding carboxylic acids is 1. The summed E-state index contributed by atoms with van der Waals surface area (Å²) in [5.41, 5.74) is 4.69. The first kappa shape index (κ1) is 16.7. The fourth-order valence-corrected chi connectivity index (χ4v) is 4.10. The van der Waals surface area contributed by atoms with Crippen LogP contribution in [0.25, 0.3) is 10.9 Å². The molecule has 136 valence electrons. The smallest absolute Gasteiger partial charge is 0.195 e. The number of carbonyl (C=O) groups is 1. The van der Waals surface area contributed by atoms with Gasteiger partial charge in [-0.3, -0.25) is 9.78 Å². The average Bonchev–Trinajstić information content (AvgIpc) is 3.01. The van der Waals surface area contributed by atoms with Crippen LogP contribution >= 0.6 is 0 Å². The molecule has 0 bridgehead atoms. The number of rotatable bonds is 3. The van der Waals surface area contributed by atoms with Gasteiger partial charge in [-0.1, -0.05) is 66.2 Å². The number of aromatic nitrogens is 1. The molecule has 0 radical (unpaired) electrons. The Balaban J connectivity index is 1.64. The van der Waals surface area contributed by atoms with Gasteiger partial charge in [-0.05, 0) is 36.8 Å². The highest BCUT2D eigenvalue weighted by Crippen LogP contribution is 2.41. The van der Waals surface area contributed by atoms with Gasteiger partial charge in [-0.2, -0.15) is 0 Å². The maximum atomic E-state index is 13.6. The van der Waals surface area contributed by atoms with E-state index in [4.69, 9.17) is 4.98 Å². The van der Waals surface area contributed by atoms with Gasteiger partial charge in [0.25, 0.3) is 0 Å². The number of nitrogens with zero attached hydrogens (tertiary/aromatic N) is 1. The fourth-order valence-electron chi connectivity index (χ4n) is 4.10. The van der Waals surface area contributed by atoms with Gasteiger partial charge in [0, 0.05) is 28.8 Å². The van der Waals surface area contributed by atoms with E-state index in [1.54, 1.807) is 0 Å². The third kappa shape index (κ3) is 2.59. The number of aryl methyl sites for hydroxylation is 1. The number of fused-ring (bicyclic) bond motifs is 2. The lowest BCUT2D eigenvalue weighted by atomic mass is 9.81. The van der Waals surface area contributed by atoms with Crippen LogP contribution < -0.4 is 5.32 Å². The van der Waals surface area contributed by atoms with Crippen molar-refractivity contribution in [3.8, 4) is 0 Å². The summed E-state index contributed by atoms with van der Waals surface area (Å²) in [7, 11) is 0. The van der Waals surface area contributed by atoms with Crippen molar-refractivity contribution in [3.63, 3.8) is 0 Å². The van der Waals surface area contributed by atoms with Crippen molar-refractivity contribution < 1.29 is 4.79 Å². The molecule has 1 aliphatic heterocycles. The van der Waals surface area contributed by atoms with Gasteiger partial charge < -0.3 is 5.32 Å². The molecule has 3 heteroatoms. The summed E-state index contributed by atoms with van der Waals surface area (Å²) in [5, 5.41) is 4.65. The maximum absolute atomic E-state index is 13.6. The predicted octanol–water partition coefficient (Wildman–Crippen LogP) is 5.29. The van der Waals surface area contributed by atoms with E-state index in [0.29, 0.717) is 6.42 Å². The molecule has 4 aromatic rings. The van der Waals surface area contributed by atoms with Crippen molar-refractivity contribution in [2.45, 2.75) is 18.9 Å². The van der Waals surface area contributed by atoms with E-state index in [9.17, 15) is 4.79 Å². The number of Topliss-reactive ketones (excluding diaryl/α,β-unsaturated/α-hetero) is 1. The van der Waals surface area contributed by atoms with E-state index < -0.39 is 5.54 Å². The molecule has 0 aliphatic carbocycles. The summed E-state index contributed by atoms with van der Waals surface area (Å²) < 4.78 is 0. The molecule has 3 aromatic carbocycles. The van der Waals surface area contributed by atoms with Crippen LogP contribution in [0.2, 0.25) is 0 Å². The Morgan fingerprint density at radius 3 is 2.54 bits per heavy atom. The second kappa shape index (κ2) is 6.31. The topological polar surface area (TPSA) is 42.0 Å². The van der Waals surface area contributed by atoms with E-state index in [2.05, 4.69) is 17.4 Å². The third-order valence-electron chi connectivity index (χ3n) is 5.52. The zero-order valence-electron chi connectivity index (χ0n) is 15.6. The number of hydrogen-bond donors (Lipinski definition) is 1. The van der Waals surface area contributed by atoms with E-state index in [0.717, 1.165) is 39.0 Å². The van der Waals surface area contributed by atoms with E-state index in [-0.39, 0.29) is 5.78 Å².